The second kappa shape index (κ2) is 8.15. The van der Waals surface area contributed by atoms with Crippen molar-refractivity contribution in [3.05, 3.63) is 34.9 Å². The number of fused-ring (bicyclic) bond motifs is 1. The Morgan fingerprint density at radius 3 is 2.71 bits per heavy atom. The zero-order valence-corrected chi connectivity index (χ0v) is 15.9. The number of rotatable bonds is 2. The summed E-state index contributed by atoms with van der Waals surface area (Å²) in [4.78, 5) is 12.1. The molecule has 0 radical (unpaired) electrons. The van der Waals surface area contributed by atoms with Gasteiger partial charge >= 0.3 is 5.97 Å². The average molecular weight is 332 g/mol. The molecular weight excluding hydrogens is 300 g/mol. The number of ether oxygens (including phenoxy) is 2. The topological polar surface area (TPSA) is 38.8 Å². The van der Waals surface area contributed by atoms with E-state index in [2.05, 4.69) is 39.8 Å². The first-order valence-corrected chi connectivity index (χ1v) is 9.17. The number of hydrogen-bond acceptors (Lipinski definition) is 3. The van der Waals surface area contributed by atoms with Gasteiger partial charge in [-0.05, 0) is 58.3 Å². The van der Waals surface area contributed by atoms with Crippen LogP contribution in [0.2, 0.25) is 0 Å². The highest BCUT2D eigenvalue weighted by Gasteiger charge is 2.50. The molecule has 0 spiro atoms. The van der Waals surface area contributed by atoms with E-state index in [1.54, 1.807) is 0 Å². The predicted molar refractivity (Wildman–Crippen MR) is 97.8 cm³/mol. The lowest BCUT2D eigenvalue weighted by Crippen LogP contribution is -2.11. The molecule has 1 aliphatic heterocycles. The Bertz CT molecular complexity index is 553. The van der Waals surface area contributed by atoms with Crippen LogP contribution < -0.4 is 0 Å². The van der Waals surface area contributed by atoms with Crippen molar-refractivity contribution in [3.8, 4) is 0 Å². The summed E-state index contributed by atoms with van der Waals surface area (Å²) in [6.45, 7) is 8.82. The molecule has 1 saturated heterocycles. The van der Waals surface area contributed by atoms with Crippen molar-refractivity contribution < 1.29 is 14.3 Å². The first-order chi connectivity index (χ1) is 11.4. The molecule has 0 aromatic rings. The van der Waals surface area contributed by atoms with Crippen molar-refractivity contribution in [1.29, 1.82) is 0 Å². The highest BCUT2D eigenvalue weighted by Crippen LogP contribution is 2.43. The lowest BCUT2D eigenvalue weighted by molar-refractivity contribution is -0.136. The van der Waals surface area contributed by atoms with Gasteiger partial charge in [0, 0.05) is 5.57 Å². The third kappa shape index (κ3) is 5.07. The molecule has 0 aromatic carbocycles. The van der Waals surface area contributed by atoms with Crippen LogP contribution in [0, 0.1) is 5.92 Å². The van der Waals surface area contributed by atoms with E-state index in [9.17, 15) is 4.79 Å². The zero-order valence-electron chi connectivity index (χ0n) is 15.9. The molecule has 0 N–H and O–H groups in total. The van der Waals surface area contributed by atoms with E-state index in [0.29, 0.717) is 12.3 Å². The molecule has 0 unspecified atom stereocenters. The Kier molecular flexibility index (Phi) is 6.45. The van der Waals surface area contributed by atoms with Crippen molar-refractivity contribution in [3.63, 3.8) is 0 Å². The van der Waals surface area contributed by atoms with Crippen LogP contribution in [0.25, 0.3) is 0 Å². The van der Waals surface area contributed by atoms with E-state index < -0.39 is 0 Å². The van der Waals surface area contributed by atoms with Crippen LogP contribution in [0.1, 0.15) is 66.2 Å². The molecule has 1 aliphatic carbocycles. The van der Waals surface area contributed by atoms with Crippen LogP contribution in [0.15, 0.2) is 34.9 Å². The highest BCUT2D eigenvalue weighted by atomic mass is 16.6. The molecule has 0 saturated carbocycles. The number of epoxide rings is 1. The van der Waals surface area contributed by atoms with Crippen LogP contribution in [0.3, 0.4) is 0 Å². The molecule has 3 heteroatoms. The minimum Gasteiger partial charge on any atom is -0.466 e. The summed E-state index contributed by atoms with van der Waals surface area (Å²) in [5, 5.41) is 0. The Labute approximate surface area is 146 Å². The van der Waals surface area contributed by atoms with Gasteiger partial charge in [0.1, 0.15) is 0 Å². The number of hydrogen-bond donors (Lipinski definition) is 0. The third-order valence-electron chi connectivity index (χ3n) is 5.34. The fourth-order valence-corrected chi connectivity index (χ4v) is 3.37. The van der Waals surface area contributed by atoms with Crippen LogP contribution >= 0.6 is 0 Å². The van der Waals surface area contributed by atoms with Crippen LogP contribution in [0.4, 0.5) is 0 Å². The Morgan fingerprint density at radius 1 is 1.29 bits per heavy atom. The summed E-state index contributed by atoms with van der Waals surface area (Å²) in [7, 11) is 1.45. The van der Waals surface area contributed by atoms with Gasteiger partial charge in [-0.3, -0.25) is 0 Å². The summed E-state index contributed by atoms with van der Waals surface area (Å²) in [5.41, 5.74) is 3.56. The first kappa shape index (κ1) is 19.0. The molecule has 0 amide bonds. The number of esters is 1. The molecule has 1 heterocycles. The van der Waals surface area contributed by atoms with Crippen LogP contribution in [-0.4, -0.2) is 24.8 Å². The van der Waals surface area contributed by atoms with Crippen molar-refractivity contribution in [2.75, 3.05) is 7.11 Å². The van der Waals surface area contributed by atoms with Gasteiger partial charge in [0.2, 0.25) is 0 Å². The van der Waals surface area contributed by atoms with Crippen molar-refractivity contribution in [2.24, 2.45) is 5.92 Å². The smallest absolute Gasteiger partial charge is 0.333 e. The molecule has 24 heavy (non-hydrogen) atoms. The maximum atomic E-state index is 12.1. The fourth-order valence-electron chi connectivity index (χ4n) is 3.37. The Hall–Kier alpha value is -1.35. The SMILES string of the molecule is COC(=O)/C1=C\C=C(\C(C)C)CC/C(C)=C/CC[C@]2(C)O[C@H]2CC1. The van der Waals surface area contributed by atoms with Gasteiger partial charge in [0.25, 0.3) is 0 Å². The van der Waals surface area contributed by atoms with E-state index in [1.165, 1.54) is 18.3 Å². The number of carbonyl (C=O) groups is 1. The Balaban J connectivity index is 2.23. The van der Waals surface area contributed by atoms with E-state index in [4.69, 9.17) is 9.47 Å². The predicted octanol–water partition coefficient (Wildman–Crippen LogP) is 5.13. The molecule has 0 aromatic heterocycles. The van der Waals surface area contributed by atoms with Crippen LogP contribution in [0.5, 0.6) is 0 Å². The second-order valence-electron chi connectivity index (χ2n) is 7.63. The lowest BCUT2D eigenvalue weighted by atomic mass is 9.92. The van der Waals surface area contributed by atoms with Gasteiger partial charge < -0.3 is 9.47 Å². The lowest BCUT2D eigenvalue weighted by Gasteiger charge is -2.13. The van der Waals surface area contributed by atoms with Gasteiger partial charge in [-0.15, -0.1) is 0 Å². The minimum absolute atomic E-state index is 0.0128. The molecular formula is C21H32O3. The average Bonchev–Trinajstić information content (AvgIpc) is 3.18. The molecule has 2 atom stereocenters. The third-order valence-corrected chi connectivity index (χ3v) is 5.34. The number of allylic oxidation sites excluding steroid dienone is 5. The maximum absolute atomic E-state index is 12.1. The Morgan fingerprint density at radius 2 is 2.04 bits per heavy atom. The van der Waals surface area contributed by atoms with Gasteiger partial charge in [-0.2, -0.15) is 0 Å². The number of methoxy groups -OCH3 is 1. The van der Waals surface area contributed by atoms with E-state index in [0.717, 1.165) is 37.7 Å². The van der Waals surface area contributed by atoms with E-state index in [1.807, 2.05) is 6.08 Å². The van der Waals surface area contributed by atoms with Gasteiger partial charge in [-0.1, -0.05) is 43.2 Å². The maximum Gasteiger partial charge on any atom is 0.333 e. The monoisotopic (exact) mass is 332 g/mol. The molecule has 134 valence electrons. The molecule has 3 nitrogen and oxygen atoms in total. The molecule has 2 rings (SSSR count). The summed E-state index contributed by atoms with van der Waals surface area (Å²) in [5.74, 6) is 0.260. The van der Waals surface area contributed by atoms with Crippen molar-refractivity contribution in [2.45, 2.75) is 77.9 Å². The summed E-state index contributed by atoms with van der Waals surface area (Å²) >= 11 is 0. The van der Waals surface area contributed by atoms with Crippen molar-refractivity contribution in [1.82, 2.24) is 0 Å². The summed E-state index contributed by atoms with van der Waals surface area (Å²) < 4.78 is 10.9. The van der Waals surface area contributed by atoms with Gasteiger partial charge in [0.15, 0.2) is 0 Å². The zero-order chi connectivity index (χ0) is 17.7. The number of carbonyl (C=O) groups excluding carboxylic acids is 1. The van der Waals surface area contributed by atoms with Gasteiger partial charge in [0.05, 0.1) is 18.8 Å². The minimum atomic E-state index is -0.222. The summed E-state index contributed by atoms with van der Waals surface area (Å²) in [6.07, 6.45) is 12.6. The quantitative estimate of drug-likeness (QED) is 0.400. The normalized spacial score (nSPS) is 35.4. The van der Waals surface area contributed by atoms with Crippen LogP contribution in [-0.2, 0) is 14.3 Å². The second-order valence-corrected chi connectivity index (χ2v) is 7.63. The highest BCUT2D eigenvalue weighted by molar-refractivity contribution is 5.88. The van der Waals surface area contributed by atoms with E-state index >= 15 is 0 Å². The van der Waals surface area contributed by atoms with Gasteiger partial charge in [-0.25, -0.2) is 4.79 Å². The molecule has 1 fully saturated rings. The molecule has 0 bridgehead atoms. The standard InChI is InChI=1S/C21H32O3/c1-15(2)17-9-8-16(3)7-6-14-21(4)19(24-21)13-12-18(11-10-17)20(22)23-5/h7,10-11,15,19H,6,8-9,12-14H2,1-5H3/b16-7+,17-10+,18-11-/t19-,21-/m0/s1. The largest absolute Gasteiger partial charge is 0.466 e. The first-order valence-electron chi connectivity index (χ1n) is 9.17. The fraction of sp³-hybridized carbons (Fsp3) is 0.667. The molecule has 2 aliphatic rings. The van der Waals surface area contributed by atoms with Crippen molar-refractivity contribution >= 4 is 5.97 Å². The summed E-state index contributed by atoms with van der Waals surface area (Å²) in [6, 6.07) is 0. The van der Waals surface area contributed by atoms with E-state index in [-0.39, 0.29) is 17.7 Å².